The van der Waals surface area contributed by atoms with E-state index in [1.54, 1.807) is 0 Å². The Kier molecular flexibility index (Phi) is 15.8. The lowest BCUT2D eigenvalue weighted by Crippen LogP contribution is -2.17. The van der Waals surface area contributed by atoms with Gasteiger partial charge in [0.25, 0.3) is 0 Å². The molecule has 0 saturated carbocycles. The summed E-state index contributed by atoms with van der Waals surface area (Å²) in [6.07, 6.45) is 12.9. The first-order chi connectivity index (χ1) is 9.35. The van der Waals surface area contributed by atoms with Crippen LogP contribution in [0.5, 0.6) is 0 Å². The minimum absolute atomic E-state index is 0.0197. The van der Waals surface area contributed by atoms with Gasteiger partial charge in [-0.3, -0.25) is 0 Å². The molecule has 0 aromatic carbocycles. The SMILES string of the molecule is CCOC(CCCCCCCCCCCN)OCC. The third-order valence-electron chi connectivity index (χ3n) is 3.35. The molecule has 0 aromatic heterocycles. The average Bonchev–Trinajstić information content (AvgIpc) is 2.41. The highest BCUT2D eigenvalue weighted by molar-refractivity contribution is 4.50. The molecule has 0 unspecified atom stereocenters. The van der Waals surface area contributed by atoms with Gasteiger partial charge in [-0.05, 0) is 39.7 Å². The Hall–Kier alpha value is -0.120. The van der Waals surface area contributed by atoms with Gasteiger partial charge in [0.05, 0.1) is 0 Å². The van der Waals surface area contributed by atoms with Crippen molar-refractivity contribution in [1.29, 1.82) is 0 Å². The van der Waals surface area contributed by atoms with Crippen LogP contribution in [0, 0.1) is 0 Å². The molecule has 19 heavy (non-hydrogen) atoms. The molecule has 116 valence electrons. The topological polar surface area (TPSA) is 44.5 Å². The predicted octanol–water partition coefficient (Wildman–Crippen LogP) is 4.25. The van der Waals surface area contributed by atoms with Crippen LogP contribution in [0.2, 0.25) is 0 Å². The largest absolute Gasteiger partial charge is 0.353 e. The lowest BCUT2D eigenvalue weighted by atomic mass is 10.1. The lowest BCUT2D eigenvalue weighted by molar-refractivity contribution is -0.140. The van der Waals surface area contributed by atoms with Crippen LogP contribution in [0.3, 0.4) is 0 Å². The predicted molar refractivity (Wildman–Crippen MR) is 82.3 cm³/mol. The summed E-state index contributed by atoms with van der Waals surface area (Å²) in [5.41, 5.74) is 5.47. The number of unbranched alkanes of at least 4 members (excludes halogenated alkanes) is 8. The van der Waals surface area contributed by atoms with E-state index in [1.807, 2.05) is 13.8 Å². The lowest BCUT2D eigenvalue weighted by Gasteiger charge is -2.16. The molecule has 0 amide bonds. The van der Waals surface area contributed by atoms with E-state index in [4.69, 9.17) is 15.2 Å². The first-order valence-corrected chi connectivity index (χ1v) is 8.28. The third kappa shape index (κ3) is 14.1. The minimum atomic E-state index is 0.0197. The Morgan fingerprint density at radius 1 is 0.684 bits per heavy atom. The maximum Gasteiger partial charge on any atom is 0.157 e. The number of nitrogens with two attached hydrogens (primary N) is 1. The molecule has 0 bridgehead atoms. The quantitative estimate of drug-likeness (QED) is 0.358. The van der Waals surface area contributed by atoms with Crippen LogP contribution in [-0.4, -0.2) is 26.0 Å². The van der Waals surface area contributed by atoms with Crippen molar-refractivity contribution in [3.05, 3.63) is 0 Å². The summed E-state index contributed by atoms with van der Waals surface area (Å²) in [6, 6.07) is 0. The van der Waals surface area contributed by atoms with Crippen LogP contribution >= 0.6 is 0 Å². The van der Waals surface area contributed by atoms with Crippen molar-refractivity contribution in [2.45, 2.75) is 84.3 Å². The highest BCUT2D eigenvalue weighted by atomic mass is 16.7. The smallest absolute Gasteiger partial charge is 0.157 e. The van der Waals surface area contributed by atoms with E-state index < -0.39 is 0 Å². The van der Waals surface area contributed by atoms with Gasteiger partial charge < -0.3 is 15.2 Å². The molecule has 0 aliphatic carbocycles. The van der Waals surface area contributed by atoms with Crippen LogP contribution in [0.15, 0.2) is 0 Å². The minimum Gasteiger partial charge on any atom is -0.353 e. The monoisotopic (exact) mass is 273 g/mol. The number of hydrogen-bond donors (Lipinski definition) is 1. The van der Waals surface area contributed by atoms with Gasteiger partial charge in [0.15, 0.2) is 6.29 Å². The molecule has 0 atom stereocenters. The van der Waals surface area contributed by atoms with E-state index in [0.29, 0.717) is 0 Å². The molecule has 0 spiro atoms. The Bertz CT molecular complexity index is 159. The molecule has 0 aromatic rings. The van der Waals surface area contributed by atoms with E-state index in [1.165, 1.54) is 57.8 Å². The second kappa shape index (κ2) is 15.9. The molecule has 0 radical (unpaired) electrons. The fourth-order valence-corrected chi connectivity index (χ4v) is 2.28. The van der Waals surface area contributed by atoms with Crippen molar-refractivity contribution < 1.29 is 9.47 Å². The second-order valence-corrected chi connectivity index (χ2v) is 5.10. The van der Waals surface area contributed by atoms with Crippen LogP contribution < -0.4 is 5.73 Å². The summed E-state index contributed by atoms with van der Waals surface area (Å²) in [4.78, 5) is 0. The number of rotatable bonds is 15. The average molecular weight is 273 g/mol. The van der Waals surface area contributed by atoms with Gasteiger partial charge in [-0.1, -0.05) is 44.9 Å². The summed E-state index contributed by atoms with van der Waals surface area (Å²) in [5.74, 6) is 0. The summed E-state index contributed by atoms with van der Waals surface area (Å²) < 4.78 is 11.1. The fraction of sp³-hybridized carbons (Fsp3) is 1.00. The van der Waals surface area contributed by atoms with Crippen LogP contribution in [0.25, 0.3) is 0 Å². The summed E-state index contributed by atoms with van der Waals surface area (Å²) in [7, 11) is 0. The summed E-state index contributed by atoms with van der Waals surface area (Å²) in [5, 5.41) is 0. The first kappa shape index (κ1) is 18.9. The van der Waals surface area contributed by atoms with E-state index in [9.17, 15) is 0 Å². The highest BCUT2D eigenvalue weighted by Crippen LogP contribution is 2.12. The molecule has 0 saturated heterocycles. The zero-order chi connectivity index (χ0) is 14.2. The summed E-state index contributed by atoms with van der Waals surface area (Å²) >= 11 is 0. The Morgan fingerprint density at radius 2 is 1.11 bits per heavy atom. The Morgan fingerprint density at radius 3 is 1.53 bits per heavy atom. The molecular weight excluding hydrogens is 238 g/mol. The van der Waals surface area contributed by atoms with Gasteiger partial charge in [0.2, 0.25) is 0 Å². The van der Waals surface area contributed by atoms with E-state index in [2.05, 4.69) is 0 Å². The third-order valence-corrected chi connectivity index (χ3v) is 3.35. The zero-order valence-corrected chi connectivity index (χ0v) is 13.2. The fourth-order valence-electron chi connectivity index (χ4n) is 2.28. The number of ether oxygens (including phenoxy) is 2. The van der Waals surface area contributed by atoms with Crippen molar-refractivity contribution in [2.75, 3.05) is 19.8 Å². The van der Waals surface area contributed by atoms with Crippen LogP contribution in [-0.2, 0) is 9.47 Å². The van der Waals surface area contributed by atoms with Gasteiger partial charge in [-0.2, -0.15) is 0 Å². The zero-order valence-electron chi connectivity index (χ0n) is 13.2. The van der Waals surface area contributed by atoms with Crippen molar-refractivity contribution >= 4 is 0 Å². The standard InChI is InChI=1S/C16H35NO2/c1-3-18-16(19-4-2)14-12-10-8-6-5-7-9-11-13-15-17/h16H,3-15,17H2,1-2H3. The summed E-state index contributed by atoms with van der Waals surface area (Å²) in [6.45, 7) is 6.38. The Balaban J connectivity index is 3.20. The molecule has 3 heteroatoms. The van der Waals surface area contributed by atoms with Gasteiger partial charge in [0.1, 0.15) is 0 Å². The van der Waals surface area contributed by atoms with Gasteiger partial charge in [-0.15, -0.1) is 0 Å². The molecule has 0 fully saturated rings. The molecule has 2 N–H and O–H groups in total. The van der Waals surface area contributed by atoms with Gasteiger partial charge in [0, 0.05) is 13.2 Å². The normalized spacial score (nSPS) is 11.4. The van der Waals surface area contributed by atoms with E-state index in [0.717, 1.165) is 26.2 Å². The highest BCUT2D eigenvalue weighted by Gasteiger charge is 2.06. The van der Waals surface area contributed by atoms with Gasteiger partial charge >= 0.3 is 0 Å². The molecule has 0 rings (SSSR count). The Labute approximate surface area is 120 Å². The first-order valence-electron chi connectivity index (χ1n) is 8.28. The number of hydrogen-bond acceptors (Lipinski definition) is 3. The molecule has 0 heterocycles. The van der Waals surface area contributed by atoms with Crippen molar-refractivity contribution in [3.8, 4) is 0 Å². The van der Waals surface area contributed by atoms with E-state index >= 15 is 0 Å². The maximum atomic E-state index is 5.53. The van der Waals surface area contributed by atoms with Gasteiger partial charge in [-0.25, -0.2) is 0 Å². The van der Waals surface area contributed by atoms with Crippen molar-refractivity contribution in [3.63, 3.8) is 0 Å². The molecular formula is C16H35NO2. The van der Waals surface area contributed by atoms with Crippen LogP contribution in [0.1, 0.15) is 78.1 Å². The molecule has 0 aliphatic rings. The van der Waals surface area contributed by atoms with Crippen molar-refractivity contribution in [2.24, 2.45) is 5.73 Å². The van der Waals surface area contributed by atoms with Crippen molar-refractivity contribution in [1.82, 2.24) is 0 Å². The van der Waals surface area contributed by atoms with E-state index in [-0.39, 0.29) is 6.29 Å². The molecule has 3 nitrogen and oxygen atoms in total. The van der Waals surface area contributed by atoms with Crippen LogP contribution in [0.4, 0.5) is 0 Å². The maximum absolute atomic E-state index is 5.53. The molecule has 0 aliphatic heterocycles. The second-order valence-electron chi connectivity index (χ2n) is 5.10.